The Labute approximate surface area is 184 Å². The van der Waals surface area contributed by atoms with Gasteiger partial charge in [-0.3, -0.25) is 4.79 Å². The molecule has 1 fully saturated rings. The molecular formula is C24H33N2O5+. The van der Waals surface area contributed by atoms with E-state index in [1.807, 2.05) is 18.2 Å². The topological polar surface area (TPSA) is 70.5 Å². The summed E-state index contributed by atoms with van der Waals surface area (Å²) in [7, 11) is 4.75. The van der Waals surface area contributed by atoms with Gasteiger partial charge in [-0.25, -0.2) is 0 Å². The van der Waals surface area contributed by atoms with E-state index in [2.05, 4.69) is 23.5 Å². The number of rotatable bonds is 10. The smallest absolute Gasteiger partial charge is 0.220 e. The molecule has 0 saturated carbocycles. The minimum absolute atomic E-state index is 0.0160. The highest BCUT2D eigenvalue weighted by Gasteiger charge is 2.17. The summed E-state index contributed by atoms with van der Waals surface area (Å²) >= 11 is 0. The van der Waals surface area contributed by atoms with E-state index in [0.717, 1.165) is 38.4 Å². The zero-order chi connectivity index (χ0) is 22.1. The van der Waals surface area contributed by atoms with Crippen molar-refractivity contribution >= 4 is 5.91 Å². The number of benzene rings is 2. The molecule has 0 unspecified atom stereocenters. The van der Waals surface area contributed by atoms with Crippen molar-refractivity contribution < 1.29 is 28.6 Å². The summed E-state index contributed by atoms with van der Waals surface area (Å²) in [5.74, 6) is 1.76. The van der Waals surface area contributed by atoms with Crippen molar-refractivity contribution in [3.05, 3.63) is 53.1 Å². The molecule has 1 saturated heterocycles. The second-order valence-corrected chi connectivity index (χ2v) is 7.62. The first-order valence-corrected chi connectivity index (χ1v) is 10.7. The van der Waals surface area contributed by atoms with Crippen molar-refractivity contribution in [3.63, 3.8) is 0 Å². The first kappa shape index (κ1) is 22.9. The van der Waals surface area contributed by atoms with Gasteiger partial charge in [0.2, 0.25) is 11.7 Å². The van der Waals surface area contributed by atoms with Gasteiger partial charge in [0, 0.05) is 18.5 Å². The Morgan fingerprint density at radius 2 is 1.65 bits per heavy atom. The van der Waals surface area contributed by atoms with Crippen molar-refractivity contribution in [2.24, 2.45) is 0 Å². The number of hydrogen-bond donors (Lipinski definition) is 2. The van der Waals surface area contributed by atoms with E-state index in [4.69, 9.17) is 18.9 Å². The molecule has 0 atom stereocenters. The molecule has 2 aromatic carbocycles. The number of nitrogens with one attached hydrogen (secondary N) is 2. The average molecular weight is 430 g/mol. The Morgan fingerprint density at radius 3 is 2.26 bits per heavy atom. The Kier molecular flexibility index (Phi) is 8.55. The van der Waals surface area contributed by atoms with E-state index in [9.17, 15) is 4.79 Å². The lowest BCUT2D eigenvalue weighted by molar-refractivity contribution is -0.921. The van der Waals surface area contributed by atoms with Gasteiger partial charge in [0.15, 0.2) is 11.5 Å². The number of hydrogen-bond acceptors (Lipinski definition) is 5. The van der Waals surface area contributed by atoms with Gasteiger partial charge in [0.05, 0.1) is 34.5 Å². The third-order valence-corrected chi connectivity index (χ3v) is 5.60. The minimum atomic E-state index is 0.0160. The summed E-state index contributed by atoms with van der Waals surface area (Å²) < 4.78 is 21.6. The predicted octanol–water partition coefficient (Wildman–Crippen LogP) is 1.38. The standard InChI is InChI=1S/C24H32N2O5/c1-28-21-14-18(15-22(29-2)24(21)30-3)8-9-23(27)25-16-19-6-4-5-7-20(19)17-26-10-12-31-13-11-26/h4-7,14-15H,8-13,16-17H2,1-3H3,(H,25,27)/p+1. The summed E-state index contributed by atoms with van der Waals surface area (Å²) in [5.41, 5.74) is 3.41. The molecule has 7 nitrogen and oxygen atoms in total. The maximum Gasteiger partial charge on any atom is 0.220 e. The summed E-state index contributed by atoms with van der Waals surface area (Å²) in [6, 6.07) is 12.1. The monoisotopic (exact) mass is 429 g/mol. The van der Waals surface area contributed by atoms with Crippen LogP contribution in [-0.2, 0) is 29.0 Å². The van der Waals surface area contributed by atoms with Crippen LogP contribution in [0, 0.1) is 0 Å². The van der Waals surface area contributed by atoms with Gasteiger partial charge in [0.1, 0.15) is 19.6 Å². The average Bonchev–Trinajstić information content (AvgIpc) is 2.82. The molecule has 0 spiro atoms. The number of aryl methyl sites for hydroxylation is 1. The number of amides is 1. The van der Waals surface area contributed by atoms with Gasteiger partial charge in [0.25, 0.3) is 0 Å². The number of carbonyl (C=O) groups excluding carboxylic acids is 1. The molecular weight excluding hydrogens is 396 g/mol. The largest absolute Gasteiger partial charge is 0.493 e. The van der Waals surface area contributed by atoms with Crippen LogP contribution in [-0.4, -0.2) is 53.5 Å². The van der Waals surface area contributed by atoms with E-state index in [1.54, 1.807) is 21.3 Å². The van der Waals surface area contributed by atoms with Crippen LogP contribution in [0.2, 0.25) is 0 Å². The molecule has 168 valence electrons. The first-order chi connectivity index (χ1) is 15.1. The fourth-order valence-electron chi connectivity index (χ4n) is 3.83. The maximum absolute atomic E-state index is 12.5. The molecule has 0 aromatic heterocycles. The first-order valence-electron chi connectivity index (χ1n) is 10.7. The zero-order valence-corrected chi connectivity index (χ0v) is 18.7. The van der Waals surface area contributed by atoms with Crippen LogP contribution >= 0.6 is 0 Å². The molecule has 1 heterocycles. The Hall–Kier alpha value is -2.77. The van der Waals surface area contributed by atoms with E-state index in [0.29, 0.717) is 36.6 Å². The molecule has 0 aliphatic carbocycles. The van der Waals surface area contributed by atoms with Crippen LogP contribution in [0.3, 0.4) is 0 Å². The number of morpholine rings is 1. The van der Waals surface area contributed by atoms with E-state index in [-0.39, 0.29) is 5.91 Å². The highest BCUT2D eigenvalue weighted by Crippen LogP contribution is 2.38. The van der Waals surface area contributed by atoms with Crippen molar-refractivity contribution in [3.8, 4) is 17.2 Å². The molecule has 7 heteroatoms. The van der Waals surface area contributed by atoms with Gasteiger partial charge >= 0.3 is 0 Å². The number of quaternary nitrogens is 1. The van der Waals surface area contributed by atoms with E-state index >= 15 is 0 Å². The lowest BCUT2D eigenvalue weighted by Gasteiger charge is -2.24. The fourth-order valence-corrected chi connectivity index (χ4v) is 3.83. The van der Waals surface area contributed by atoms with Crippen molar-refractivity contribution in [2.75, 3.05) is 47.6 Å². The Morgan fingerprint density at radius 1 is 1.00 bits per heavy atom. The quantitative estimate of drug-likeness (QED) is 0.597. The van der Waals surface area contributed by atoms with Crippen molar-refractivity contribution in [1.82, 2.24) is 5.32 Å². The molecule has 1 amide bonds. The predicted molar refractivity (Wildman–Crippen MR) is 118 cm³/mol. The van der Waals surface area contributed by atoms with Crippen LogP contribution < -0.4 is 24.4 Å². The molecule has 2 aromatic rings. The summed E-state index contributed by atoms with van der Waals surface area (Å²) in [5, 5.41) is 3.07. The SMILES string of the molecule is COc1cc(CCC(=O)NCc2ccccc2C[NH+]2CCOCC2)cc(OC)c1OC. The van der Waals surface area contributed by atoms with Crippen LogP contribution in [0.25, 0.3) is 0 Å². The third kappa shape index (κ3) is 6.35. The number of ether oxygens (including phenoxy) is 4. The second kappa shape index (κ2) is 11.6. The van der Waals surface area contributed by atoms with Gasteiger partial charge in [-0.1, -0.05) is 24.3 Å². The maximum atomic E-state index is 12.5. The number of methoxy groups -OCH3 is 3. The second-order valence-electron chi connectivity index (χ2n) is 7.62. The molecule has 0 bridgehead atoms. The van der Waals surface area contributed by atoms with Crippen molar-refractivity contribution in [1.29, 1.82) is 0 Å². The lowest BCUT2D eigenvalue weighted by Crippen LogP contribution is -3.12. The van der Waals surface area contributed by atoms with E-state index in [1.165, 1.54) is 16.0 Å². The van der Waals surface area contributed by atoms with Crippen LogP contribution in [0.4, 0.5) is 0 Å². The number of carbonyl (C=O) groups is 1. The van der Waals surface area contributed by atoms with Gasteiger partial charge in [-0.15, -0.1) is 0 Å². The Bertz CT molecular complexity index is 840. The third-order valence-electron chi connectivity index (χ3n) is 5.60. The molecule has 2 N–H and O–H groups in total. The Balaban J connectivity index is 1.55. The highest BCUT2D eigenvalue weighted by atomic mass is 16.5. The molecule has 1 aliphatic rings. The summed E-state index contributed by atoms with van der Waals surface area (Å²) in [6.07, 6.45) is 0.970. The summed E-state index contributed by atoms with van der Waals surface area (Å²) in [4.78, 5) is 14.0. The molecule has 3 rings (SSSR count). The van der Waals surface area contributed by atoms with Gasteiger partial charge < -0.3 is 29.2 Å². The normalized spacial score (nSPS) is 14.2. The van der Waals surface area contributed by atoms with Crippen LogP contribution in [0.1, 0.15) is 23.1 Å². The molecule has 0 radical (unpaired) electrons. The fraction of sp³-hybridized carbons (Fsp3) is 0.458. The van der Waals surface area contributed by atoms with Gasteiger partial charge in [-0.2, -0.15) is 0 Å². The minimum Gasteiger partial charge on any atom is -0.493 e. The van der Waals surface area contributed by atoms with Crippen molar-refractivity contribution in [2.45, 2.75) is 25.9 Å². The molecule has 1 aliphatic heterocycles. The summed E-state index contributed by atoms with van der Waals surface area (Å²) in [6.45, 7) is 5.17. The van der Waals surface area contributed by atoms with Crippen LogP contribution in [0.15, 0.2) is 36.4 Å². The highest BCUT2D eigenvalue weighted by molar-refractivity contribution is 5.76. The van der Waals surface area contributed by atoms with Crippen LogP contribution in [0.5, 0.6) is 17.2 Å². The van der Waals surface area contributed by atoms with E-state index < -0.39 is 0 Å². The zero-order valence-electron chi connectivity index (χ0n) is 18.7. The molecule has 31 heavy (non-hydrogen) atoms. The lowest BCUT2D eigenvalue weighted by atomic mass is 10.1. The van der Waals surface area contributed by atoms with Gasteiger partial charge in [-0.05, 0) is 29.7 Å².